The number of rotatable bonds is 2. The highest BCUT2D eigenvalue weighted by Gasteiger charge is 2.06. The lowest BCUT2D eigenvalue weighted by Crippen LogP contribution is -1.98. The first kappa shape index (κ1) is 9.43. The number of hydrogen-bond donors (Lipinski definition) is 2. The number of hydrogen-bond acceptors (Lipinski definition) is 2. The number of nitrogens with one attached hydrogen (secondary N) is 1. The van der Waals surface area contributed by atoms with Crippen LogP contribution in [0.2, 0.25) is 0 Å². The molecule has 2 rings (SSSR count). The lowest BCUT2D eigenvalue weighted by Gasteiger charge is -2.00. The monoisotopic (exact) mass is 251 g/mol. The van der Waals surface area contributed by atoms with Gasteiger partial charge in [-0.3, -0.25) is 0 Å². The quantitative estimate of drug-likeness (QED) is 0.861. The fraction of sp³-hybridized carbons (Fsp3) is 0.100. The molecule has 0 atom stereocenters. The average molecular weight is 252 g/mol. The van der Waals surface area contributed by atoms with Crippen molar-refractivity contribution in [3.05, 3.63) is 40.8 Å². The van der Waals surface area contributed by atoms with Gasteiger partial charge in [0.15, 0.2) is 0 Å². The van der Waals surface area contributed by atoms with Crippen molar-refractivity contribution in [3.63, 3.8) is 0 Å². The second-order valence-electron chi connectivity index (χ2n) is 2.94. The van der Waals surface area contributed by atoms with E-state index in [9.17, 15) is 0 Å². The normalized spacial score (nSPS) is 10.4. The van der Waals surface area contributed by atoms with Crippen LogP contribution >= 0.6 is 15.9 Å². The molecule has 0 saturated heterocycles. The van der Waals surface area contributed by atoms with E-state index < -0.39 is 0 Å². The molecule has 0 aliphatic rings. The third-order valence-electron chi connectivity index (χ3n) is 2.02. The Balaban J connectivity index is 2.49. The molecular formula is C10H10BrN3. The van der Waals surface area contributed by atoms with Gasteiger partial charge in [-0.1, -0.05) is 28.1 Å². The summed E-state index contributed by atoms with van der Waals surface area (Å²) in [6.07, 6.45) is 1.67. The lowest BCUT2D eigenvalue weighted by molar-refractivity contribution is 1.01. The molecule has 72 valence electrons. The van der Waals surface area contributed by atoms with Crippen molar-refractivity contribution in [2.24, 2.45) is 5.73 Å². The summed E-state index contributed by atoms with van der Waals surface area (Å²) >= 11 is 3.42. The molecule has 2 aromatic rings. The Morgan fingerprint density at radius 3 is 3.00 bits per heavy atom. The zero-order valence-corrected chi connectivity index (χ0v) is 9.08. The zero-order chi connectivity index (χ0) is 9.97. The van der Waals surface area contributed by atoms with Crippen molar-refractivity contribution >= 4 is 15.9 Å². The number of halogens is 1. The number of nitrogens with zero attached hydrogens (tertiary/aromatic N) is 1. The minimum absolute atomic E-state index is 0.474. The molecule has 0 unspecified atom stereocenters. The highest BCUT2D eigenvalue weighted by Crippen LogP contribution is 2.23. The number of benzene rings is 1. The van der Waals surface area contributed by atoms with E-state index in [2.05, 4.69) is 25.9 Å². The summed E-state index contributed by atoms with van der Waals surface area (Å²) in [5.41, 5.74) is 8.54. The van der Waals surface area contributed by atoms with Crippen LogP contribution < -0.4 is 5.73 Å². The van der Waals surface area contributed by atoms with Crippen LogP contribution in [-0.2, 0) is 6.54 Å². The number of aromatic nitrogens is 2. The Morgan fingerprint density at radius 1 is 1.43 bits per heavy atom. The van der Waals surface area contributed by atoms with Crippen LogP contribution in [0.4, 0.5) is 0 Å². The van der Waals surface area contributed by atoms with Gasteiger partial charge in [0.05, 0.1) is 17.7 Å². The average Bonchev–Trinajstić information content (AvgIpc) is 2.65. The number of imidazole rings is 1. The van der Waals surface area contributed by atoms with Crippen molar-refractivity contribution in [3.8, 4) is 11.3 Å². The van der Waals surface area contributed by atoms with E-state index in [0.717, 1.165) is 21.4 Å². The van der Waals surface area contributed by atoms with Crippen LogP contribution in [0.3, 0.4) is 0 Å². The second-order valence-corrected chi connectivity index (χ2v) is 3.86. The van der Waals surface area contributed by atoms with E-state index in [-0.39, 0.29) is 0 Å². The molecule has 0 radical (unpaired) electrons. The Hall–Kier alpha value is -1.13. The van der Waals surface area contributed by atoms with Gasteiger partial charge in [-0.25, -0.2) is 4.98 Å². The van der Waals surface area contributed by atoms with E-state index in [4.69, 9.17) is 5.73 Å². The molecule has 3 nitrogen and oxygen atoms in total. The molecule has 0 aliphatic heterocycles. The van der Waals surface area contributed by atoms with Crippen molar-refractivity contribution in [2.45, 2.75) is 6.54 Å². The van der Waals surface area contributed by atoms with Gasteiger partial charge < -0.3 is 10.7 Å². The van der Waals surface area contributed by atoms with Crippen molar-refractivity contribution < 1.29 is 0 Å². The lowest BCUT2D eigenvalue weighted by atomic mass is 10.1. The molecule has 0 amide bonds. The van der Waals surface area contributed by atoms with Gasteiger partial charge in [0, 0.05) is 16.6 Å². The van der Waals surface area contributed by atoms with E-state index in [1.165, 1.54) is 0 Å². The van der Waals surface area contributed by atoms with Gasteiger partial charge in [0.25, 0.3) is 0 Å². The molecule has 0 spiro atoms. The highest BCUT2D eigenvalue weighted by atomic mass is 79.9. The first-order valence-electron chi connectivity index (χ1n) is 4.29. The Labute approximate surface area is 90.5 Å². The molecule has 0 fully saturated rings. The summed E-state index contributed by atoms with van der Waals surface area (Å²) in [5, 5.41) is 0. The largest absolute Gasteiger partial charge is 0.347 e. The Kier molecular flexibility index (Phi) is 2.65. The predicted octanol–water partition coefficient (Wildman–Crippen LogP) is 2.30. The number of H-pyrrole nitrogens is 1. The van der Waals surface area contributed by atoms with E-state index in [1.54, 1.807) is 6.33 Å². The summed E-state index contributed by atoms with van der Waals surface area (Å²) in [7, 11) is 0. The standard InChI is InChI=1S/C10H10BrN3/c11-8-3-1-2-7(4-8)10-9(5-12)13-6-14-10/h1-4,6H,5,12H2,(H,13,14). The van der Waals surface area contributed by atoms with Crippen LogP contribution in [0.15, 0.2) is 35.1 Å². The van der Waals surface area contributed by atoms with Gasteiger partial charge in [-0.15, -0.1) is 0 Å². The third-order valence-corrected chi connectivity index (χ3v) is 2.51. The molecule has 14 heavy (non-hydrogen) atoms. The van der Waals surface area contributed by atoms with Crippen molar-refractivity contribution in [2.75, 3.05) is 0 Å². The van der Waals surface area contributed by atoms with E-state index in [1.807, 2.05) is 24.3 Å². The van der Waals surface area contributed by atoms with Crippen LogP contribution in [0.1, 0.15) is 5.69 Å². The predicted molar refractivity (Wildman–Crippen MR) is 59.6 cm³/mol. The number of aromatic amines is 1. The van der Waals surface area contributed by atoms with Gasteiger partial charge in [-0.05, 0) is 12.1 Å². The molecule has 0 aliphatic carbocycles. The fourth-order valence-electron chi connectivity index (χ4n) is 1.36. The van der Waals surface area contributed by atoms with E-state index in [0.29, 0.717) is 6.54 Å². The van der Waals surface area contributed by atoms with Gasteiger partial charge in [0.2, 0.25) is 0 Å². The van der Waals surface area contributed by atoms with E-state index >= 15 is 0 Å². The molecule has 0 saturated carbocycles. The molecule has 0 bridgehead atoms. The summed E-state index contributed by atoms with van der Waals surface area (Å²) in [5.74, 6) is 0. The maximum atomic E-state index is 5.59. The Bertz CT molecular complexity index is 436. The minimum atomic E-state index is 0.474. The topological polar surface area (TPSA) is 54.7 Å². The van der Waals surface area contributed by atoms with Crippen molar-refractivity contribution in [1.82, 2.24) is 9.97 Å². The maximum Gasteiger partial charge on any atom is 0.0929 e. The van der Waals surface area contributed by atoms with Crippen molar-refractivity contribution in [1.29, 1.82) is 0 Å². The molecular weight excluding hydrogens is 242 g/mol. The number of nitrogens with two attached hydrogens (primary N) is 1. The fourth-order valence-corrected chi connectivity index (χ4v) is 1.76. The maximum absolute atomic E-state index is 5.59. The molecule has 1 aromatic heterocycles. The SMILES string of the molecule is NCc1[nH]cnc1-c1cccc(Br)c1. The summed E-state index contributed by atoms with van der Waals surface area (Å²) < 4.78 is 1.04. The summed E-state index contributed by atoms with van der Waals surface area (Å²) in [4.78, 5) is 7.26. The van der Waals surface area contributed by atoms with Gasteiger partial charge in [0.1, 0.15) is 0 Å². The molecule has 3 N–H and O–H groups in total. The first-order chi connectivity index (χ1) is 6.81. The molecule has 1 heterocycles. The Morgan fingerprint density at radius 2 is 2.29 bits per heavy atom. The van der Waals surface area contributed by atoms with Crippen LogP contribution in [-0.4, -0.2) is 9.97 Å². The second kappa shape index (κ2) is 3.94. The highest BCUT2D eigenvalue weighted by molar-refractivity contribution is 9.10. The minimum Gasteiger partial charge on any atom is -0.347 e. The van der Waals surface area contributed by atoms with Crippen LogP contribution in [0, 0.1) is 0 Å². The van der Waals surface area contributed by atoms with Gasteiger partial charge in [-0.2, -0.15) is 0 Å². The van der Waals surface area contributed by atoms with Gasteiger partial charge >= 0.3 is 0 Å². The molecule has 1 aromatic carbocycles. The third kappa shape index (κ3) is 1.71. The smallest absolute Gasteiger partial charge is 0.0929 e. The zero-order valence-electron chi connectivity index (χ0n) is 7.50. The summed E-state index contributed by atoms with van der Waals surface area (Å²) in [6, 6.07) is 8.00. The van der Waals surface area contributed by atoms with Crippen LogP contribution in [0.5, 0.6) is 0 Å². The first-order valence-corrected chi connectivity index (χ1v) is 5.09. The summed E-state index contributed by atoms with van der Waals surface area (Å²) in [6.45, 7) is 0.474. The van der Waals surface area contributed by atoms with Crippen LogP contribution in [0.25, 0.3) is 11.3 Å². The molecule has 4 heteroatoms.